The zero-order valence-electron chi connectivity index (χ0n) is 22.3. The number of alkyl halides is 3. The van der Waals surface area contributed by atoms with Gasteiger partial charge in [0.05, 0.1) is 30.4 Å². The van der Waals surface area contributed by atoms with Crippen molar-refractivity contribution in [3.8, 4) is 5.75 Å². The Hall–Kier alpha value is -3.46. The number of halogens is 3. The van der Waals surface area contributed by atoms with Crippen molar-refractivity contribution in [2.75, 3.05) is 40.4 Å². The molecule has 3 aliphatic carbocycles. The molecule has 1 aliphatic heterocycles. The second-order valence-corrected chi connectivity index (χ2v) is 11.1. The average molecular weight is 582 g/mol. The Labute approximate surface area is 232 Å². The quantitative estimate of drug-likeness (QED) is 0.320. The van der Waals surface area contributed by atoms with E-state index in [0.717, 1.165) is 6.07 Å². The molecule has 1 saturated heterocycles. The third-order valence-electron chi connectivity index (χ3n) is 8.59. The van der Waals surface area contributed by atoms with Crippen LogP contribution in [0.3, 0.4) is 0 Å². The molecule has 0 radical (unpaired) electrons. The highest BCUT2D eigenvalue weighted by molar-refractivity contribution is 6.24. The van der Waals surface area contributed by atoms with E-state index in [-0.39, 0.29) is 18.5 Å². The number of rotatable bonds is 4. The van der Waals surface area contributed by atoms with E-state index in [1.807, 2.05) is 0 Å². The van der Waals surface area contributed by atoms with Crippen molar-refractivity contribution >= 4 is 23.2 Å². The highest BCUT2D eigenvalue weighted by Gasteiger charge is 2.64. The molecule has 1 aromatic carbocycles. The lowest BCUT2D eigenvalue weighted by molar-refractivity contribution is -0.153. The molecule has 1 heterocycles. The van der Waals surface area contributed by atoms with Crippen LogP contribution in [0.2, 0.25) is 0 Å². The lowest BCUT2D eigenvalue weighted by Crippen LogP contribution is -2.65. The summed E-state index contributed by atoms with van der Waals surface area (Å²) in [5.74, 6) is -9.05. The number of carbonyl (C=O) groups is 3. The molecule has 1 aromatic rings. The number of benzene rings is 1. The molecule has 1 amide bonds. The summed E-state index contributed by atoms with van der Waals surface area (Å²) in [6.07, 6.45) is -5.65. The number of likely N-dealkylation sites (N-methyl/N-ethyl adjacent to an activating group) is 1. The van der Waals surface area contributed by atoms with Crippen LogP contribution >= 0.6 is 0 Å². The zero-order chi connectivity index (χ0) is 30.2. The van der Waals surface area contributed by atoms with Gasteiger partial charge in [-0.1, -0.05) is 0 Å². The van der Waals surface area contributed by atoms with Crippen LogP contribution in [0.15, 0.2) is 23.0 Å². The average Bonchev–Trinajstić information content (AvgIpc) is 2.85. The molecule has 41 heavy (non-hydrogen) atoms. The van der Waals surface area contributed by atoms with Gasteiger partial charge in [0, 0.05) is 31.1 Å². The maximum absolute atomic E-state index is 14.6. The van der Waals surface area contributed by atoms with Crippen LogP contribution in [-0.2, 0) is 38.3 Å². The highest BCUT2D eigenvalue weighted by atomic mass is 19.4. The smallest absolute Gasteiger partial charge is 0.417 e. The number of aliphatic hydroxyl groups excluding tert-OH is 2. The van der Waals surface area contributed by atoms with Gasteiger partial charge in [-0.2, -0.15) is 13.2 Å². The highest BCUT2D eigenvalue weighted by Crippen LogP contribution is 2.54. The number of ketones is 2. The Balaban J connectivity index is 1.71. The van der Waals surface area contributed by atoms with Crippen LogP contribution in [0, 0.1) is 11.8 Å². The van der Waals surface area contributed by atoms with Gasteiger partial charge in [-0.15, -0.1) is 0 Å². The van der Waals surface area contributed by atoms with Crippen molar-refractivity contribution < 1.29 is 52.7 Å². The van der Waals surface area contributed by atoms with Crippen LogP contribution in [0.25, 0.3) is 5.76 Å². The largest absolute Gasteiger partial charge is 0.508 e. The van der Waals surface area contributed by atoms with Crippen LogP contribution in [-0.4, -0.2) is 99.7 Å². The number of phenols is 1. The van der Waals surface area contributed by atoms with Gasteiger partial charge >= 0.3 is 6.18 Å². The minimum Gasteiger partial charge on any atom is -0.508 e. The second-order valence-electron chi connectivity index (χ2n) is 11.1. The number of fused-ring (bicyclic) bond motifs is 3. The van der Waals surface area contributed by atoms with Crippen LogP contribution in [0.1, 0.15) is 28.7 Å². The van der Waals surface area contributed by atoms with Crippen LogP contribution in [0.4, 0.5) is 13.2 Å². The number of hydrogen-bond acceptors (Lipinski definition) is 10. The van der Waals surface area contributed by atoms with Gasteiger partial charge in [-0.3, -0.25) is 24.2 Å². The van der Waals surface area contributed by atoms with Gasteiger partial charge in [-0.25, -0.2) is 0 Å². The number of ether oxygens (including phenoxy) is 1. The van der Waals surface area contributed by atoms with E-state index in [9.17, 15) is 48.0 Å². The van der Waals surface area contributed by atoms with Gasteiger partial charge in [0.15, 0.2) is 11.4 Å². The first-order valence-electron chi connectivity index (χ1n) is 13.0. The van der Waals surface area contributed by atoms with Gasteiger partial charge in [0.25, 0.3) is 5.91 Å². The van der Waals surface area contributed by atoms with E-state index in [4.69, 9.17) is 10.5 Å². The van der Waals surface area contributed by atoms with Crippen molar-refractivity contribution in [2.24, 2.45) is 17.6 Å². The van der Waals surface area contributed by atoms with Gasteiger partial charge < -0.3 is 30.9 Å². The molecular weight excluding hydrogens is 551 g/mol. The van der Waals surface area contributed by atoms with Crippen molar-refractivity contribution in [1.82, 2.24) is 9.80 Å². The predicted molar refractivity (Wildman–Crippen MR) is 135 cm³/mol. The molecule has 2 fully saturated rings. The monoisotopic (exact) mass is 581 g/mol. The second kappa shape index (κ2) is 9.82. The minimum absolute atomic E-state index is 0.145. The lowest BCUT2D eigenvalue weighted by Gasteiger charge is -2.50. The summed E-state index contributed by atoms with van der Waals surface area (Å²) in [7, 11) is 2.87. The molecule has 5 rings (SSSR count). The SMILES string of the molecule is CN(C)[C@@H]1C(=O)C(C(N)=O)=C(O)[C@@]2(O)C(=O)C3=C(O)c4c(O)cc(CN5CCOCC5)c(C(F)(F)F)c4C[C@H]3C[C@@H]12. The number of carbonyl (C=O) groups excluding carboxylic acids is 3. The van der Waals surface area contributed by atoms with Crippen LogP contribution < -0.4 is 5.73 Å². The summed E-state index contributed by atoms with van der Waals surface area (Å²) in [5, 5.41) is 44.6. The standard InChI is InChI=1S/C27H30F3N3O8/c1-32(2)20-14-8-11-7-13-17(15(34)9-12(19(13)27(28,29)30)10-33-3-5-41-6-4-33)21(35)16(11)23(37)26(14,40)24(38)18(22(20)36)25(31)39/h9,11,14,20,34-35,38,40H,3-8,10H2,1-2H3,(H2,31,39)/t11-,14-,20-,26-/m0/s1. The van der Waals surface area contributed by atoms with Crippen molar-refractivity contribution in [3.63, 3.8) is 0 Å². The first-order valence-corrected chi connectivity index (χ1v) is 13.0. The summed E-state index contributed by atoms with van der Waals surface area (Å²) >= 11 is 0. The van der Waals surface area contributed by atoms with E-state index in [1.165, 1.54) is 19.0 Å². The Bertz CT molecular complexity index is 1410. The Morgan fingerprint density at radius 1 is 1.20 bits per heavy atom. The summed E-state index contributed by atoms with van der Waals surface area (Å²) < 4.78 is 49.1. The predicted octanol–water partition coefficient (Wildman–Crippen LogP) is 0.815. The topological polar surface area (TPSA) is 174 Å². The van der Waals surface area contributed by atoms with E-state index < -0.39 is 98.7 Å². The Kier molecular flexibility index (Phi) is 6.96. The third kappa shape index (κ3) is 4.31. The minimum atomic E-state index is -4.89. The maximum Gasteiger partial charge on any atom is 0.417 e. The number of hydrogen-bond donors (Lipinski definition) is 5. The number of aromatic hydroxyl groups is 1. The summed E-state index contributed by atoms with van der Waals surface area (Å²) in [5.41, 5.74) is -1.33. The number of amides is 1. The molecular formula is C27H30F3N3O8. The molecule has 0 aromatic heterocycles. The fourth-order valence-corrected chi connectivity index (χ4v) is 6.86. The van der Waals surface area contributed by atoms with E-state index in [1.54, 1.807) is 4.90 Å². The first-order chi connectivity index (χ1) is 19.1. The van der Waals surface area contributed by atoms with E-state index >= 15 is 0 Å². The molecule has 0 spiro atoms. The maximum atomic E-state index is 14.6. The fourth-order valence-electron chi connectivity index (χ4n) is 6.86. The molecule has 222 valence electrons. The molecule has 4 atom stereocenters. The van der Waals surface area contributed by atoms with Gasteiger partial charge in [-0.05, 0) is 50.0 Å². The zero-order valence-corrected chi connectivity index (χ0v) is 22.3. The van der Waals surface area contributed by atoms with Crippen molar-refractivity contribution in [3.05, 3.63) is 45.2 Å². The number of primary amides is 1. The molecule has 0 bridgehead atoms. The third-order valence-corrected chi connectivity index (χ3v) is 8.59. The summed E-state index contributed by atoms with van der Waals surface area (Å²) in [4.78, 5) is 42.1. The molecule has 4 aliphatic rings. The number of aliphatic hydroxyl groups is 3. The van der Waals surface area contributed by atoms with Crippen LogP contribution in [0.5, 0.6) is 5.75 Å². The number of nitrogens with two attached hydrogens (primary N) is 1. The van der Waals surface area contributed by atoms with Crippen molar-refractivity contribution in [2.45, 2.75) is 37.2 Å². The molecule has 11 nitrogen and oxygen atoms in total. The van der Waals surface area contributed by atoms with E-state index in [0.29, 0.717) is 26.3 Å². The van der Waals surface area contributed by atoms with E-state index in [2.05, 4.69) is 0 Å². The Morgan fingerprint density at radius 2 is 1.83 bits per heavy atom. The Morgan fingerprint density at radius 3 is 2.39 bits per heavy atom. The van der Waals surface area contributed by atoms with Gasteiger partial charge in [0.1, 0.15) is 22.8 Å². The molecule has 1 saturated carbocycles. The fraction of sp³-hybridized carbons (Fsp3) is 0.519. The number of morpholine rings is 1. The first kappa shape index (κ1) is 29.0. The number of nitrogens with zero attached hydrogens (tertiary/aromatic N) is 2. The van der Waals surface area contributed by atoms with Crippen molar-refractivity contribution in [1.29, 1.82) is 0 Å². The summed E-state index contributed by atoms with van der Waals surface area (Å²) in [6, 6.07) is -0.432. The summed E-state index contributed by atoms with van der Waals surface area (Å²) in [6.45, 7) is 1.29. The molecule has 14 heteroatoms. The number of Topliss-reactive ketones (excluding diaryl/α,β-unsaturated/α-hetero) is 2. The number of phenolic OH excluding ortho intramolecular Hbond substituents is 1. The normalized spacial score (nSPS) is 29.0. The molecule has 6 N–H and O–H groups in total. The molecule has 0 unspecified atom stereocenters. The lowest BCUT2D eigenvalue weighted by atomic mass is 9.57. The van der Waals surface area contributed by atoms with Gasteiger partial charge in [0.2, 0.25) is 5.78 Å².